The Balaban J connectivity index is 2.26. The standard InChI is InChI=1S/C17H13N5O/c1-12-7-8-15(16(9-12)22-21-14(10-18)11-19)20-17(23)13-5-3-2-4-6-13/h2-9,22H,1H3,(H,20,23). The summed E-state index contributed by atoms with van der Waals surface area (Å²) in [6, 6.07) is 17.4. The van der Waals surface area contributed by atoms with Crippen LogP contribution in [0.1, 0.15) is 15.9 Å². The summed E-state index contributed by atoms with van der Waals surface area (Å²) in [5.74, 6) is -0.262. The Morgan fingerprint density at radius 3 is 2.39 bits per heavy atom. The maximum atomic E-state index is 12.2. The molecule has 6 nitrogen and oxygen atoms in total. The lowest BCUT2D eigenvalue weighted by Crippen LogP contribution is -2.13. The van der Waals surface area contributed by atoms with Gasteiger partial charge in [0.15, 0.2) is 0 Å². The monoisotopic (exact) mass is 303 g/mol. The highest BCUT2D eigenvalue weighted by Crippen LogP contribution is 2.24. The van der Waals surface area contributed by atoms with E-state index < -0.39 is 0 Å². The first-order valence-corrected chi connectivity index (χ1v) is 6.75. The van der Waals surface area contributed by atoms with E-state index in [1.54, 1.807) is 48.5 Å². The van der Waals surface area contributed by atoms with Crippen molar-refractivity contribution < 1.29 is 4.79 Å². The minimum absolute atomic E-state index is 0.262. The minimum atomic E-state index is -0.299. The zero-order valence-corrected chi connectivity index (χ0v) is 12.4. The van der Waals surface area contributed by atoms with Crippen LogP contribution >= 0.6 is 0 Å². The molecular formula is C17H13N5O. The normalized spacial score (nSPS) is 9.17. The van der Waals surface area contributed by atoms with Crippen molar-refractivity contribution >= 4 is 23.0 Å². The highest BCUT2D eigenvalue weighted by Gasteiger charge is 2.09. The van der Waals surface area contributed by atoms with E-state index in [2.05, 4.69) is 15.8 Å². The number of hydrogen-bond acceptors (Lipinski definition) is 5. The Morgan fingerprint density at radius 2 is 1.74 bits per heavy atom. The van der Waals surface area contributed by atoms with Crippen molar-refractivity contribution in [1.82, 2.24) is 0 Å². The largest absolute Gasteiger partial charge is 0.320 e. The van der Waals surface area contributed by atoms with Gasteiger partial charge in [0, 0.05) is 5.56 Å². The van der Waals surface area contributed by atoms with Crippen molar-refractivity contribution in [3.05, 3.63) is 59.7 Å². The van der Waals surface area contributed by atoms with Crippen molar-refractivity contribution in [3.63, 3.8) is 0 Å². The van der Waals surface area contributed by atoms with Gasteiger partial charge < -0.3 is 5.32 Å². The molecule has 0 fully saturated rings. The second-order valence-electron chi connectivity index (χ2n) is 4.67. The molecule has 0 heterocycles. The van der Waals surface area contributed by atoms with Gasteiger partial charge in [0.25, 0.3) is 5.91 Å². The first-order valence-electron chi connectivity index (χ1n) is 6.75. The minimum Gasteiger partial charge on any atom is -0.320 e. The van der Waals surface area contributed by atoms with E-state index in [1.807, 2.05) is 19.1 Å². The maximum Gasteiger partial charge on any atom is 0.255 e. The lowest BCUT2D eigenvalue weighted by molar-refractivity contribution is 0.102. The molecule has 0 spiro atoms. The average molecular weight is 303 g/mol. The lowest BCUT2D eigenvalue weighted by Gasteiger charge is -2.11. The Hall–Kier alpha value is -3.64. The van der Waals surface area contributed by atoms with Crippen LogP contribution in [0, 0.1) is 29.6 Å². The van der Waals surface area contributed by atoms with Crippen LogP contribution in [0.5, 0.6) is 0 Å². The van der Waals surface area contributed by atoms with E-state index in [-0.39, 0.29) is 11.6 Å². The summed E-state index contributed by atoms with van der Waals surface area (Å²) in [5.41, 5.74) is 4.81. The van der Waals surface area contributed by atoms with Crippen LogP contribution in [0.4, 0.5) is 11.4 Å². The van der Waals surface area contributed by atoms with Crippen molar-refractivity contribution in [2.75, 3.05) is 10.7 Å². The van der Waals surface area contributed by atoms with Crippen LogP contribution < -0.4 is 10.7 Å². The Bertz CT molecular complexity index is 812. The van der Waals surface area contributed by atoms with Crippen LogP contribution in [-0.2, 0) is 0 Å². The number of aryl methyl sites for hydroxylation is 1. The smallest absolute Gasteiger partial charge is 0.255 e. The number of carbonyl (C=O) groups is 1. The van der Waals surface area contributed by atoms with Crippen LogP contribution in [0.15, 0.2) is 53.6 Å². The third-order valence-corrected chi connectivity index (χ3v) is 2.96. The van der Waals surface area contributed by atoms with E-state index >= 15 is 0 Å². The number of carbonyl (C=O) groups excluding carboxylic acids is 1. The Kier molecular flexibility index (Phi) is 5.06. The molecule has 0 aliphatic heterocycles. The summed E-state index contributed by atoms with van der Waals surface area (Å²) < 4.78 is 0. The molecule has 23 heavy (non-hydrogen) atoms. The van der Waals surface area contributed by atoms with Crippen molar-refractivity contribution in [2.45, 2.75) is 6.92 Å². The van der Waals surface area contributed by atoms with Crippen molar-refractivity contribution in [2.24, 2.45) is 5.10 Å². The number of rotatable bonds is 4. The van der Waals surface area contributed by atoms with E-state index in [9.17, 15) is 4.79 Å². The molecule has 0 aromatic heterocycles. The van der Waals surface area contributed by atoms with Crippen LogP contribution in [0.2, 0.25) is 0 Å². The van der Waals surface area contributed by atoms with E-state index in [0.717, 1.165) is 5.56 Å². The summed E-state index contributed by atoms with van der Waals surface area (Å²) in [7, 11) is 0. The molecule has 0 aliphatic carbocycles. The average Bonchev–Trinajstić information content (AvgIpc) is 2.58. The third-order valence-electron chi connectivity index (χ3n) is 2.96. The van der Waals surface area contributed by atoms with Crippen molar-refractivity contribution in [1.29, 1.82) is 10.5 Å². The highest BCUT2D eigenvalue weighted by atomic mass is 16.1. The number of amides is 1. The van der Waals surface area contributed by atoms with Gasteiger partial charge in [-0.1, -0.05) is 24.3 Å². The number of hydrazone groups is 1. The zero-order chi connectivity index (χ0) is 16.7. The zero-order valence-electron chi connectivity index (χ0n) is 12.4. The first-order chi connectivity index (χ1) is 11.1. The lowest BCUT2D eigenvalue weighted by atomic mass is 10.1. The highest BCUT2D eigenvalue weighted by molar-refractivity contribution is 6.10. The van der Waals surface area contributed by atoms with Crippen LogP contribution in [0.3, 0.4) is 0 Å². The fourth-order valence-corrected chi connectivity index (χ4v) is 1.83. The molecular weight excluding hydrogens is 290 g/mol. The Labute approximate surface area is 133 Å². The number of nitriles is 2. The Morgan fingerprint density at radius 1 is 1.04 bits per heavy atom. The molecule has 0 atom stereocenters. The predicted molar refractivity (Wildman–Crippen MR) is 87.9 cm³/mol. The van der Waals surface area contributed by atoms with Gasteiger partial charge in [-0.05, 0) is 36.8 Å². The first kappa shape index (κ1) is 15.7. The summed E-state index contributed by atoms with van der Waals surface area (Å²) in [4.78, 5) is 12.2. The second-order valence-corrected chi connectivity index (χ2v) is 4.67. The van der Waals surface area contributed by atoms with Gasteiger partial charge >= 0.3 is 0 Å². The molecule has 0 bridgehead atoms. The summed E-state index contributed by atoms with van der Waals surface area (Å²) >= 11 is 0. The van der Waals surface area contributed by atoms with Gasteiger partial charge in [0.2, 0.25) is 5.71 Å². The van der Waals surface area contributed by atoms with Gasteiger partial charge in [-0.25, -0.2) is 0 Å². The van der Waals surface area contributed by atoms with Gasteiger partial charge in [0.05, 0.1) is 11.4 Å². The molecule has 0 saturated heterocycles. The van der Waals surface area contributed by atoms with Gasteiger partial charge in [-0.2, -0.15) is 15.6 Å². The molecule has 0 unspecified atom stereocenters. The molecule has 1 amide bonds. The molecule has 0 aliphatic rings. The van der Waals surface area contributed by atoms with Crippen LogP contribution in [-0.4, -0.2) is 11.6 Å². The number of nitrogens with one attached hydrogen (secondary N) is 2. The van der Waals surface area contributed by atoms with E-state index in [0.29, 0.717) is 16.9 Å². The quantitative estimate of drug-likeness (QED) is 0.669. The molecule has 6 heteroatoms. The fraction of sp³-hybridized carbons (Fsp3) is 0.0588. The summed E-state index contributed by atoms with van der Waals surface area (Å²) in [5, 5.41) is 23.9. The topological polar surface area (TPSA) is 101 Å². The van der Waals surface area contributed by atoms with Gasteiger partial charge in [-0.15, -0.1) is 0 Å². The van der Waals surface area contributed by atoms with Gasteiger partial charge in [0.1, 0.15) is 12.1 Å². The van der Waals surface area contributed by atoms with Gasteiger partial charge in [-0.3, -0.25) is 10.2 Å². The van der Waals surface area contributed by atoms with Crippen molar-refractivity contribution in [3.8, 4) is 12.1 Å². The van der Waals surface area contributed by atoms with E-state index in [1.165, 1.54) is 0 Å². The SMILES string of the molecule is Cc1ccc(NC(=O)c2ccccc2)c(NN=C(C#N)C#N)c1. The number of nitrogens with zero attached hydrogens (tertiary/aromatic N) is 3. The molecule has 112 valence electrons. The van der Waals surface area contributed by atoms with E-state index in [4.69, 9.17) is 10.5 Å². The fourth-order valence-electron chi connectivity index (χ4n) is 1.83. The molecule has 0 radical (unpaired) electrons. The van der Waals surface area contributed by atoms with Crippen LogP contribution in [0.25, 0.3) is 0 Å². The molecule has 2 aromatic rings. The number of benzene rings is 2. The number of anilines is 2. The predicted octanol–water partition coefficient (Wildman–Crippen LogP) is 3.06. The molecule has 2 aromatic carbocycles. The molecule has 0 saturated carbocycles. The third kappa shape index (κ3) is 4.16. The molecule has 2 N–H and O–H groups in total. The second kappa shape index (κ2) is 7.39. The summed E-state index contributed by atoms with van der Waals surface area (Å²) in [6.45, 7) is 1.88. The molecule has 2 rings (SSSR count). The summed E-state index contributed by atoms with van der Waals surface area (Å²) in [6.07, 6.45) is 0. The number of hydrogen-bond donors (Lipinski definition) is 2. The maximum absolute atomic E-state index is 12.2.